The molecule has 1 heterocycles. The lowest BCUT2D eigenvalue weighted by Gasteiger charge is -2.13. The van der Waals surface area contributed by atoms with Crippen molar-refractivity contribution in [1.29, 1.82) is 0 Å². The SMILES string of the molecule is OC[C@H](O)CNc1ccnc2cc(C(F)(F)F)ccc12. The van der Waals surface area contributed by atoms with Crippen LogP contribution in [0.3, 0.4) is 0 Å². The monoisotopic (exact) mass is 286 g/mol. The molecule has 1 atom stereocenters. The quantitative estimate of drug-likeness (QED) is 0.804. The second-order valence-corrected chi connectivity index (χ2v) is 4.31. The number of aliphatic hydroxyl groups is 2. The Hall–Kier alpha value is -1.86. The number of aromatic nitrogens is 1. The number of aliphatic hydroxyl groups excluding tert-OH is 2. The van der Waals surface area contributed by atoms with Crippen molar-refractivity contribution in [3.8, 4) is 0 Å². The first-order valence-electron chi connectivity index (χ1n) is 5.90. The largest absolute Gasteiger partial charge is 0.416 e. The van der Waals surface area contributed by atoms with Crippen LogP contribution in [0.5, 0.6) is 0 Å². The highest BCUT2D eigenvalue weighted by atomic mass is 19.4. The highest BCUT2D eigenvalue weighted by Crippen LogP contribution is 2.32. The molecule has 2 aromatic rings. The van der Waals surface area contributed by atoms with Crippen LogP contribution in [0.4, 0.5) is 18.9 Å². The third kappa shape index (κ3) is 3.17. The minimum Gasteiger partial charge on any atom is -0.394 e. The van der Waals surface area contributed by atoms with E-state index >= 15 is 0 Å². The van der Waals surface area contributed by atoms with Crippen molar-refractivity contribution in [1.82, 2.24) is 4.98 Å². The molecule has 3 N–H and O–H groups in total. The summed E-state index contributed by atoms with van der Waals surface area (Å²) in [5, 5.41) is 21.4. The second kappa shape index (κ2) is 5.64. The van der Waals surface area contributed by atoms with Crippen molar-refractivity contribution < 1.29 is 23.4 Å². The van der Waals surface area contributed by atoms with Gasteiger partial charge >= 0.3 is 6.18 Å². The molecule has 2 rings (SSSR count). The van der Waals surface area contributed by atoms with Gasteiger partial charge in [-0.05, 0) is 18.2 Å². The molecule has 20 heavy (non-hydrogen) atoms. The van der Waals surface area contributed by atoms with Gasteiger partial charge < -0.3 is 15.5 Å². The zero-order valence-electron chi connectivity index (χ0n) is 10.4. The van der Waals surface area contributed by atoms with E-state index in [2.05, 4.69) is 10.3 Å². The lowest BCUT2D eigenvalue weighted by molar-refractivity contribution is -0.137. The summed E-state index contributed by atoms with van der Waals surface area (Å²) in [4.78, 5) is 3.91. The van der Waals surface area contributed by atoms with E-state index < -0.39 is 24.5 Å². The Morgan fingerprint density at radius 3 is 2.65 bits per heavy atom. The Morgan fingerprint density at radius 1 is 1.25 bits per heavy atom. The molecule has 108 valence electrons. The number of hydrogen-bond acceptors (Lipinski definition) is 4. The van der Waals surface area contributed by atoms with E-state index in [0.717, 1.165) is 12.1 Å². The van der Waals surface area contributed by atoms with Gasteiger partial charge in [-0.2, -0.15) is 13.2 Å². The zero-order chi connectivity index (χ0) is 14.8. The van der Waals surface area contributed by atoms with Crippen LogP contribution in [0, 0.1) is 0 Å². The van der Waals surface area contributed by atoms with Gasteiger partial charge in [0.1, 0.15) is 0 Å². The van der Waals surface area contributed by atoms with E-state index in [1.807, 2.05) is 0 Å². The molecule has 0 spiro atoms. The van der Waals surface area contributed by atoms with Gasteiger partial charge in [0.2, 0.25) is 0 Å². The average molecular weight is 286 g/mol. The maximum atomic E-state index is 12.6. The Bertz CT molecular complexity index is 602. The summed E-state index contributed by atoms with van der Waals surface area (Å²) in [6, 6.07) is 4.89. The number of nitrogens with zero attached hydrogens (tertiary/aromatic N) is 1. The molecule has 0 aliphatic carbocycles. The summed E-state index contributed by atoms with van der Waals surface area (Å²) in [6.07, 6.45) is -3.96. The summed E-state index contributed by atoms with van der Waals surface area (Å²) < 4.78 is 37.8. The summed E-state index contributed by atoms with van der Waals surface area (Å²) in [5.74, 6) is 0. The van der Waals surface area contributed by atoms with Gasteiger partial charge in [0.05, 0.1) is 23.8 Å². The number of pyridine rings is 1. The minimum atomic E-state index is -4.41. The van der Waals surface area contributed by atoms with Gasteiger partial charge in [-0.25, -0.2) is 0 Å². The molecule has 1 aromatic heterocycles. The predicted octanol–water partition coefficient (Wildman–Crippen LogP) is 2.02. The summed E-state index contributed by atoms with van der Waals surface area (Å²) in [6.45, 7) is -0.301. The molecular formula is C13H13F3N2O2. The fourth-order valence-corrected chi connectivity index (χ4v) is 1.77. The number of benzene rings is 1. The number of alkyl halides is 3. The van der Waals surface area contributed by atoms with Crippen LogP contribution in [-0.4, -0.2) is 34.5 Å². The van der Waals surface area contributed by atoms with Crippen molar-refractivity contribution in [3.05, 3.63) is 36.0 Å². The van der Waals surface area contributed by atoms with Gasteiger partial charge in [-0.15, -0.1) is 0 Å². The average Bonchev–Trinajstić information content (AvgIpc) is 2.43. The molecule has 7 heteroatoms. The Kier molecular flexibility index (Phi) is 4.10. The van der Waals surface area contributed by atoms with Crippen molar-refractivity contribution in [2.24, 2.45) is 0 Å². The van der Waals surface area contributed by atoms with E-state index in [-0.39, 0.29) is 12.1 Å². The molecule has 0 amide bonds. The third-order valence-electron chi connectivity index (χ3n) is 2.81. The van der Waals surface area contributed by atoms with E-state index in [4.69, 9.17) is 5.11 Å². The van der Waals surface area contributed by atoms with E-state index in [1.54, 1.807) is 6.07 Å². The molecule has 0 unspecified atom stereocenters. The lowest BCUT2D eigenvalue weighted by Crippen LogP contribution is -2.23. The maximum Gasteiger partial charge on any atom is 0.416 e. The smallest absolute Gasteiger partial charge is 0.394 e. The molecule has 0 saturated heterocycles. The molecule has 0 saturated carbocycles. The van der Waals surface area contributed by atoms with Crippen LogP contribution in [-0.2, 0) is 6.18 Å². The van der Waals surface area contributed by atoms with Crippen molar-refractivity contribution in [3.63, 3.8) is 0 Å². The van der Waals surface area contributed by atoms with Gasteiger partial charge in [0, 0.05) is 23.8 Å². The molecule has 0 aliphatic rings. The Morgan fingerprint density at radius 2 is 2.00 bits per heavy atom. The summed E-state index contributed by atoms with van der Waals surface area (Å²) in [7, 11) is 0. The van der Waals surface area contributed by atoms with Crippen LogP contribution in [0.15, 0.2) is 30.5 Å². The molecule has 0 fully saturated rings. The fourth-order valence-electron chi connectivity index (χ4n) is 1.77. The van der Waals surface area contributed by atoms with Crippen LogP contribution in [0.25, 0.3) is 10.9 Å². The van der Waals surface area contributed by atoms with Crippen LogP contribution in [0.1, 0.15) is 5.56 Å². The topological polar surface area (TPSA) is 65.4 Å². The van der Waals surface area contributed by atoms with E-state index in [0.29, 0.717) is 11.1 Å². The number of nitrogens with one attached hydrogen (secondary N) is 1. The van der Waals surface area contributed by atoms with Crippen molar-refractivity contribution >= 4 is 16.6 Å². The first-order chi connectivity index (χ1) is 9.41. The highest BCUT2D eigenvalue weighted by molar-refractivity contribution is 5.91. The van der Waals surface area contributed by atoms with Gasteiger partial charge in [0.25, 0.3) is 0 Å². The first kappa shape index (κ1) is 14.5. The number of hydrogen-bond donors (Lipinski definition) is 3. The van der Waals surface area contributed by atoms with Gasteiger partial charge in [-0.3, -0.25) is 4.98 Å². The molecular weight excluding hydrogens is 273 g/mol. The Labute approximate surface area is 112 Å². The van der Waals surface area contributed by atoms with Crippen LogP contribution in [0.2, 0.25) is 0 Å². The highest BCUT2D eigenvalue weighted by Gasteiger charge is 2.30. The van der Waals surface area contributed by atoms with Crippen LogP contribution >= 0.6 is 0 Å². The number of rotatable bonds is 4. The molecule has 4 nitrogen and oxygen atoms in total. The molecule has 0 aliphatic heterocycles. The summed E-state index contributed by atoms with van der Waals surface area (Å²) in [5.41, 5.74) is 0.00424. The zero-order valence-corrected chi connectivity index (χ0v) is 10.4. The number of halogens is 3. The molecule has 0 radical (unpaired) electrons. The normalized spacial score (nSPS) is 13.4. The van der Waals surface area contributed by atoms with Gasteiger partial charge in [-0.1, -0.05) is 6.07 Å². The Balaban J connectivity index is 2.34. The maximum absolute atomic E-state index is 12.6. The first-order valence-corrected chi connectivity index (χ1v) is 5.90. The number of anilines is 1. The number of fused-ring (bicyclic) bond motifs is 1. The second-order valence-electron chi connectivity index (χ2n) is 4.31. The molecule has 0 bridgehead atoms. The van der Waals surface area contributed by atoms with Crippen LogP contribution < -0.4 is 5.32 Å². The minimum absolute atomic E-state index is 0.0939. The molecule has 1 aromatic carbocycles. The predicted molar refractivity (Wildman–Crippen MR) is 68.3 cm³/mol. The van der Waals surface area contributed by atoms with E-state index in [9.17, 15) is 18.3 Å². The van der Waals surface area contributed by atoms with Crippen molar-refractivity contribution in [2.45, 2.75) is 12.3 Å². The third-order valence-corrected chi connectivity index (χ3v) is 2.81. The van der Waals surface area contributed by atoms with Gasteiger partial charge in [0.15, 0.2) is 0 Å². The standard InChI is InChI=1S/C13H13F3N2O2/c14-13(15,16)8-1-2-10-11(18-6-9(20)7-19)3-4-17-12(10)5-8/h1-5,9,19-20H,6-7H2,(H,17,18)/t9-/m1/s1. The summed E-state index contributed by atoms with van der Waals surface area (Å²) >= 11 is 0. The fraction of sp³-hybridized carbons (Fsp3) is 0.308. The van der Waals surface area contributed by atoms with Crippen molar-refractivity contribution in [2.75, 3.05) is 18.5 Å². The lowest BCUT2D eigenvalue weighted by atomic mass is 10.1. The van der Waals surface area contributed by atoms with E-state index in [1.165, 1.54) is 12.3 Å².